The fourth-order valence-corrected chi connectivity index (χ4v) is 1.56. The summed E-state index contributed by atoms with van der Waals surface area (Å²) in [4.78, 5) is 22.1. The van der Waals surface area contributed by atoms with Crippen LogP contribution in [0.2, 0.25) is 0 Å². The van der Waals surface area contributed by atoms with Crippen molar-refractivity contribution in [2.75, 3.05) is 13.1 Å². The highest BCUT2D eigenvalue weighted by Crippen LogP contribution is 2.19. The Hall–Kier alpha value is -1.95. The fraction of sp³-hybridized carbons (Fsp3) is 0.417. The van der Waals surface area contributed by atoms with Crippen molar-refractivity contribution in [3.05, 3.63) is 39.4 Å². The number of rotatable bonds is 6. The monoisotopic (exact) mass is 251 g/mol. The molecule has 1 aromatic rings. The van der Waals surface area contributed by atoms with Gasteiger partial charge in [0.05, 0.1) is 4.92 Å². The zero-order valence-electron chi connectivity index (χ0n) is 10.3. The van der Waals surface area contributed by atoms with Gasteiger partial charge < -0.3 is 11.1 Å². The molecule has 0 aromatic heterocycles. The van der Waals surface area contributed by atoms with Crippen LogP contribution >= 0.6 is 0 Å². The van der Waals surface area contributed by atoms with Crippen LogP contribution < -0.4 is 11.1 Å². The third kappa shape index (κ3) is 3.81. The number of nitro groups is 1. The molecule has 0 unspecified atom stereocenters. The summed E-state index contributed by atoms with van der Waals surface area (Å²) in [6.45, 7) is 2.83. The number of carbonyl (C=O) groups excluding carboxylic acids is 1. The second-order valence-corrected chi connectivity index (χ2v) is 4.03. The van der Waals surface area contributed by atoms with Crippen LogP contribution in [0.5, 0.6) is 0 Å². The molecule has 98 valence electrons. The SMILES string of the molecule is Cc1ccc([N+](=O)[O-])c(C(=O)NCCCCN)c1. The predicted molar refractivity (Wildman–Crippen MR) is 68.5 cm³/mol. The van der Waals surface area contributed by atoms with Crippen molar-refractivity contribution >= 4 is 11.6 Å². The van der Waals surface area contributed by atoms with Crippen LogP contribution in [0.3, 0.4) is 0 Å². The minimum atomic E-state index is -0.547. The van der Waals surface area contributed by atoms with Gasteiger partial charge in [-0.05, 0) is 37.9 Å². The highest BCUT2D eigenvalue weighted by molar-refractivity contribution is 5.98. The van der Waals surface area contributed by atoms with Gasteiger partial charge in [-0.25, -0.2) is 0 Å². The van der Waals surface area contributed by atoms with Crippen molar-refractivity contribution in [3.8, 4) is 0 Å². The molecule has 6 heteroatoms. The first kappa shape index (κ1) is 14.1. The predicted octanol–water partition coefficient (Wildman–Crippen LogP) is 1.37. The topological polar surface area (TPSA) is 98.3 Å². The Morgan fingerprint density at radius 2 is 2.17 bits per heavy atom. The quantitative estimate of drug-likeness (QED) is 0.453. The molecule has 0 saturated heterocycles. The number of nitrogens with zero attached hydrogens (tertiary/aromatic N) is 1. The lowest BCUT2D eigenvalue weighted by Crippen LogP contribution is -2.25. The molecule has 0 fully saturated rings. The number of hydrogen-bond acceptors (Lipinski definition) is 4. The Bertz CT molecular complexity index is 446. The van der Waals surface area contributed by atoms with Crippen LogP contribution in [0.15, 0.2) is 18.2 Å². The van der Waals surface area contributed by atoms with Crippen LogP contribution in [0.4, 0.5) is 5.69 Å². The first-order chi connectivity index (χ1) is 8.56. The summed E-state index contributed by atoms with van der Waals surface area (Å²) in [6.07, 6.45) is 1.58. The van der Waals surface area contributed by atoms with Crippen LogP contribution in [0.25, 0.3) is 0 Å². The van der Waals surface area contributed by atoms with Gasteiger partial charge in [0, 0.05) is 12.6 Å². The average Bonchev–Trinajstić information content (AvgIpc) is 2.34. The molecule has 6 nitrogen and oxygen atoms in total. The molecular formula is C12H17N3O3. The van der Waals surface area contributed by atoms with Crippen LogP contribution in [0.1, 0.15) is 28.8 Å². The molecule has 0 bridgehead atoms. The molecule has 0 saturated carbocycles. The van der Waals surface area contributed by atoms with Gasteiger partial charge in [0.25, 0.3) is 11.6 Å². The summed E-state index contributed by atoms with van der Waals surface area (Å²) in [7, 11) is 0. The number of amides is 1. The molecule has 0 heterocycles. The number of unbranched alkanes of at least 4 members (excludes halogenated alkanes) is 1. The number of benzene rings is 1. The van der Waals surface area contributed by atoms with Crippen LogP contribution in [0, 0.1) is 17.0 Å². The minimum Gasteiger partial charge on any atom is -0.352 e. The molecule has 0 aliphatic heterocycles. The highest BCUT2D eigenvalue weighted by atomic mass is 16.6. The lowest BCUT2D eigenvalue weighted by atomic mass is 10.1. The number of carbonyl (C=O) groups is 1. The number of nitrogens with one attached hydrogen (secondary N) is 1. The summed E-state index contributed by atoms with van der Waals surface area (Å²) in [5.74, 6) is -0.414. The molecule has 0 aliphatic carbocycles. The van der Waals surface area contributed by atoms with E-state index in [-0.39, 0.29) is 11.3 Å². The van der Waals surface area contributed by atoms with E-state index in [2.05, 4.69) is 5.32 Å². The molecule has 0 radical (unpaired) electrons. The van der Waals surface area contributed by atoms with Gasteiger partial charge in [-0.15, -0.1) is 0 Å². The van der Waals surface area contributed by atoms with Gasteiger partial charge in [-0.1, -0.05) is 6.07 Å². The van der Waals surface area contributed by atoms with Crippen molar-refractivity contribution in [2.45, 2.75) is 19.8 Å². The summed E-state index contributed by atoms with van der Waals surface area (Å²) >= 11 is 0. The summed E-state index contributed by atoms with van der Waals surface area (Å²) < 4.78 is 0. The van der Waals surface area contributed by atoms with Gasteiger partial charge in [-0.3, -0.25) is 14.9 Å². The highest BCUT2D eigenvalue weighted by Gasteiger charge is 2.19. The Kier molecular flexibility index (Phi) is 5.26. The van der Waals surface area contributed by atoms with E-state index in [1.165, 1.54) is 12.1 Å². The van der Waals surface area contributed by atoms with Gasteiger partial charge in [0.15, 0.2) is 0 Å². The number of aryl methyl sites for hydroxylation is 1. The zero-order valence-corrected chi connectivity index (χ0v) is 10.3. The van der Waals surface area contributed by atoms with Crippen molar-refractivity contribution in [3.63, 3.8) is 0 Å². The number of hydrogen-bond donors (Lipinski definition) is 2. The first-order valence-electron chi connectivity index (χ1n) is 5.79. The number of nitro benzene ring substituents is 1. The van der Waals surface area contributed by atoms with Crippen molar-refractivity contribution in [1.29, 1.82) is 0 Å². The smallest absolute Gasteiger partial charge is 0.282 e. The number of nitrogens with two attached hydrogens (primary N) is 1. The molecule has 0 spiro atoms. The third-order valence-electron chi connectivity index (χ3n) is 2.51. The van der Waals surface area contributed by atoms with E-state index in [0.717, 1.165) is 18.4 Å². The molecule has 1 aromatic carbocycles. The second-order valence-electron chi connectivity index (χ2n) is 4.03. The Morgan fingerprint density at radius 3 is 2.78 bits per heavy atom. The van der Waals surface area contributed by atoms with E-state index >= 15 is 0 Å². The van der Waals surface area contributed by atoms with Gasteiger partial charge >= 0.3 is 0 Å². The molecule has 1 amide bonds. The normalized spacial score (nSPS) is 10.1. The first-order valence-corrected chi connectivity index (χ1v) is 5.79. The molecule has 1 rings (SSSR count). The van der Waals surface area contributed by atoms with Crippen molar-refractivity contribution in [1.82, 2.24) is 5.32 Å². The maximum absolute atomic E-state index is 11.8. The molecule has 0 aliphatic rings. The molecular weight excluding hydrogens is 234 g/mol. The van der Waals surface area contributed by atoms with Crippen LogP contribution in [-0.4, -0.2) is 23.9 Å². The standard InChI is InChI=1S/C12H17N3O3/c1-9-4-5-11(15(17)18)10(8-9)12(16)14-7-3-2-6-13/h4-5,8H,2-3,6-7,13H2,1H3,(H,14,16). The van der Waals surface area contributed by atoms with E-state index < -0.39 is 10.8 Å². The molecule has 18 heavy (non-hydrogen) atoms. The Balaban J connectivity index is 2.77. The summed E-state index contributed by atoms with van der Waals surface area (Å²) in [5.41, 5.74) is 6.09. The summed E-state index contributed by atoms with van der Waals surface area (Å²) in [5, 5.41) is 13.5. The third-order valence-corrected chi connectivity index (χ3v) is 2.51. The largest absolute Gasteiger partial charge is 0.352 e. The van der Waals surface area contributed by atoms with E-state index in [9.17, 15) is 14.9 Å². The van der Waals surface area contributed by atoms with E-state index in [4.69, 9.17) is 5.73 Å². The average molecular weight is 251 g/mol. The van der Waals surface area contributed by atoms with Gasteiger partial charge in [-0.2, -0.15) is 0 Å². The second kappa shape index (κ2) is 6.70. The Labute approximate surface area is 105 Å². The van der Waals surface area contributed by atoms with Gasteiger partial charge in [0.1, 0.15) is 5.56 Å². The van der Waals surface area contributed by atoms with E-state index in [1.54, 1.807) is 13.0 Å². The van der Waals surface area contributed by atoms with E-state index in [1.807, 2.05) is 0 Å². The van der Waals surface area contributed by atoms with E-state index in [0.29, 0.717) is 13.1 Å². The lowest BCUT2D eigenvalue weighted by molar-refractivity contribution is -0.385. The minimum absolute atomic E-state index is 0.104. The summed E-state index contributed by atoms with van der Waals surface area (Å²) in [6, 6.07) is 4.49. The maximum Gasteiger partial charge on any atom is 0.282 e. The van der Waals surface area contributed by atoms with Crippen LogP contribution in [-0.2, 0) is 0 Å². The van der Waals surface area contributed by atoms with Crippen molar-refractivity contribution < 1.29 is 9.72 Å². The molecule has 3 N–H and O–H groups in total. The lowest BCUT2D eigenvalue weighted by Gasteiger charge is -2.06. The fourth-order valence-electron chi connectivity index (χ4n) is 1.56. The zero-order chi connectivity index (χ0) is 13.5. The van der Waals surface area contributed by atoms with Crippen molar-refractivity contribution in [2.24, 2.45) is 5.73 Å². The Morgan fingerprint density at radius 1 is 1.44 bits per heavy atom. The molecule has 0 atom stereocenters. The maximum atomic E-state index is 11.8. The van der Waals surface area contributed by atoms with Gasteiger partial charge in [0.2, 0.25) is 0 Å².